The summed E-state index contributed by atoms with van der Waals surface area (Å²) in [5.41, 5.74) is 3.19. The number of aromatic nitrogens is 3. The second-order valence-corrected chi connectivity index (χ2v) is 3.94. The molecule has 86 valence electrons. The monoisotopic (exact) mass is 227 g/mol. The van der Waals surface area contributed by atoms with Crippen LogP contribution in [0.15, 0.2) is 18.5 Å². The van der Waals surface area contributed by atoms with Crippen LogP contribution < -0.4 is 5.32 Å². The first-order chi connectivity index (χ1) is 8.10. The lowest BCUT2D eigenvalue weighted by Crippen LogP contribution is -2.00. The number of hydrogen-bond acceptors (Lipinski definition) is 4. The van der Waals surface area contributed by atoms with Gasteiger partial charge in [-0.1, -0.05) is 0 Å². The molecule has 1 N–H and O–H groups in total. The number of anilines is 2. The Morgan fingerprint density at radius 2 is 2.18 bits per heavy atom. The lowest BCUT2D eigenvalue weighted by Gasteiger charge is -2.08. The molecule has 17 heavy (non-hydrogen) atoms. The van der Waals surface area contributed by atoms with Crippen molar-refractivity contribution in [1.29, 1.82) is 5.26 Å². The molecule has 0 aliphatic heterocycles. The van der Waals surface area contributed by atoms with E-state index < -0.39 is 0 Å². The normalized spacial score (nSPS) is 10.0. The fraction of sp³-hybridized carbons (Fsp3) is 0.250. The molecule has 2 aromatic heterocycles. The zero-order valence-corrected chi connectivity index (χ0v) is 10.0. The highest BCUT2D eigenvalue weighted by atomic mass is 15.3. The maximum atomic E-state index is 9.12. The Morgan fingerprint density at radius 1 is 1.41 bits per heavy atom. The first-order valence-corrected chi connectivity index (χ1v) is 5.24. The molecule has 0 bridgehead atoms. The van der Waals surface area contributed by atoms with Crippen molar-refractivity contribution in [1.82, 2.24) is 14.8 Å². The Kier molecular flexibility index (Phi) is 2.79. The number of nitrogens with one attached hydrogen (secondary N) is 1. The average molecular weight is 227 g/mol. The van der Waals surface area contributed by atoms with Gasteiger partial charge in [0.1, 0.15) is 11.9 Å². The van der Waals surface area contributed by atoms with Crippen LogP contribution in [0.25, 0.3) is 0 Å². The molecule has 0 amide bonds. The highest BCUT2D eigenvalue weighted by molar-refractivity contribution is 5.63. The van der Waals surface area contributed by atoms with E-state index in [9.17, 15) is 0 Å². The maximum Gasteiger partial charge on any atom is 0.148 e. The van der Waals surface area contributed by atoms with Crippen LogP contribution in [-0.2, 0) is 7.05 Å². The van der Waals surface area contributed by atoms with Crippen molar-refractivity contribution < 1.29 is 0 Å². The van der Waals surface area contributed by atoms with Crippen LogP contribution >= 0.6 is 0 Å². The predicted octanol–water partition coefficient (Wildman–Crippen LogP) is 2.05. The van der Waals surface area contributed by atoms with Crippen LogP contribution in [0, 0.1) is 25.2 Å². The molecule has 2 heterocycles. The third-order valence-corrected chi connectivity index (χ3v) is 2.42. The molecule has 0 atom stereocenters. The molecule has 0 radical (unpaired) electrons. The summed E-state index contributed by atoms with van der Waals surface area (Å²) in [5, 5.41) is 16.3. The van der Waals surface area contributed by atoms with Gasteiger partial charge in [0, 0.05) is 18.9 Å². The van der Waals surface area contributed by atoms with Crippen molar-refractivity contribution in [2.24, 2.45) is 7.05 Å². The molecule has 0 fully saturated rings. The molecule has 5 heteroatoms. The van der Waals surface area contributed by atoms with Gasteiger partial charge in [0.2, 0.25) is 0 Å². The fourth-order valence-corrected chi connectivity index (χ4v) is 1.69. The molecule has 2 rings (SSSR count). The van der Waals surface area contributed by atoms with Crippen molar-refractivity contribution in [3.8, 4) is 6.07 Å². The zero-order valence-electron chi connectivity index (χ0n) is 10.0. The molecule has 5 nitrogen and oxygen atoms in total. The molecular weight excluding hydrogens is 214 g/mol. The lowest BCUT2D eigenvalue weighted by atomic mass is 10.1. The van der Waals surface area contributed by atoms with Crippen LogP contribution in [0.4, 0.5) is 11.5 Å². The third-order valence-electron chi connectivity index (χ3n) is 2.42. The average Bonchev–Trinajstić information content (AvgIpc) is 2.63. The minimum atomic E-state index is 0.569. The summed E-state index contributed by atoms with van der Waals surface area (Å²) >= 11 is 0. The van der Waals surface area contributed by atoms with Gasteiger partial charge >= 0.3 is 0 Å². The lowest BCUT2D eigenvalue weighted by molar-refractivity contribution is 0.768. The third kappa shape index (κ3) is 2.26. The number of hydrogen-bond donors (Lipinski definition) is 1. The Balaban J connectivity index is 2.42. The summed E-state index contributed by atoms with van der Waals surface area (Å²) in [4.78, 5) is 4.34. The topological polar surface area (TPSA) is 66.5 Å². The Morgan fingerprint density at radius 3 is 2.76 bits per heavy atom. The van der Waals surface area contributed by atoms with Gasteiger partial charge in [-0.2, -0.15) is 10.4 Å². The van der Waals surface area contributed by atoms with Gasteiger partial charge in [-0.05, 0) is 25.5 Å². The first-order valence-electron chi connectivity index (χ1n) is 5.24. The van der Waals surface area contributed by atoms with Gasteiger partial charge < -0.3 is 5.32 Å². The number of aryl methyl sites for hydroxylation is 3. The van der Waals surface area contributed by atoms with Crippen molar-refractivity contribution in [3.05, 3.63) is 35.3 Å². The van der Waals surface area contributed by atoms with Gasteiger partial charge in [0.25, 0.3) is 0 Å². The van der Waals surface area contributed by atoms with Crippen molar-refractivity contribution in [2.75, 3.05) is 5.32 Å². The molecule has 0 spiro atoms. The Hall–Kier alpha value is -2.35. The van der Waals surface area contributed by atoms with E-state index in [4.69, 9.17) is 5.26 Å². The minimum Gasteiger partial charge on any atom is -0.337 e. The van der Waals surface area contributed by atoms with E-state index in [2.05, 4.69) is 21.5 Å². The van der Waals surface area contributed by atoms with Gasteiger partial charge in [0.05, 0.1) is 17.4 Å². The number of nitrogens with zero attached hydrogens (tertiary/aromatic N) is 4. The number of rotatable bonds is 2. The quantitative estimate of drug-likeness (QED) is 0.852. The van der Waals surface area contributed by atoms with Gasteiger partial charge in [-0.15, -0.1) is 0 Å². The Labute approximate surface area is 99.7 Å². The molecular formula is C12H13N5. The van der Waals surface area contributed by atoms with E-state index in [-0.39, 0.29) is 0 Å². The zero-order chi connectivity index (χ0) is 12.4. The summed E-state index contributed by atoms with van der Waals surface area (Å²) in [7, 11) is 1.84. The van der Waals surface area contributed by atoms with Gasteiger partial charge in [0.15, 0.2) is 0 Å². The summed E-state index contributed by atoms with van der Waals surface area (Å²) in [6, 6.07) is 4.06. The molecule has 0 saturated carbocycles. The molecule has 0 unspecified atom stereocenters. The van der Waals surface area contributed by atoms with Crippen LogP contribution in [-0.4, -0.2) is 14.8 Å². The van der Waals surface area contributed by atoms with Crippen LogP contribution in [0.5, 0.6) is 0 Å². The fourth-order valence-electron chi connectivity index (χ4n) is 1.69. The minimum absolute atomic E-state index is 0.569. The van der Waals surface area contributed by atoms with Crippen molar-refractivity contribution in [2.45, 2.75) is 13.8 Å². The smallest absolute Gasteiger partial charge is 0.148 e. The van der Waals surface area contributed by atoms with Crippen LogP contribution in [0.2, 0.25) is 0 Å². The number of nitriles is 1. The molecule has 2 aromatic rings. The Bertz CT molecular complexity index is 591. The highest BCUT2D eigenvalue weighted by Crippen LogP contribution is 2.21. The molecule has 0 aliphatic rings. The molecule has 0 saturated heterocycles. The van der Waals surface area contributed by atoms with Gasteiger partial charge in [-0.25, -0.2) is 4.98 Å². The largest absolute Gasteiger partial charge is 0.337 e. The SMILES string of the molecule is Cc1cc(C)c(C#N)c(Nc2cnn(C)c2)n1. The van der Waals surface area contributed by atoms with Crippen LogP contribution in [0.1, 0.15) is 16.8 Å². The van der Waals surface area contributed by atoms with Crippen molar-refractivity contribution in [3.63, 3.8) is 0 Å². The van der Waals surface area contributed by atoms with Gasteiger partial charge in [-0.3, -0.25) is 4.68 Å². The van der Waals surface area contributed by atoms with E-state index in [1.165, 1.54) is 0 Å². The summed E-state index contributed by atoms with van der Waals surface area (Å²) in [6.45, 7) is 3.81. The van der Waals surface area contributed by atoms with E-state index in [0.29, 0.717) is 11.4 Å². The van der Waals surface area contributed by atoms with E-state index in [0.717, 1.165) is 16.9 Å². The second-order valence-electron chi connectivity index (χ2n) is 3.94. The van der Waals surface area contributed by atoms with Crippen molar-refractivity contribution >= 4 is 11.5 Å². The standard InChI is InChI=1S/C12H13N5/c1-8-4-9(2)15-12(11(8)5-13)16-10-6-14-17(3)7-10/h4,6-7H,1-3H3,(H,15,16). The summed E-state index contributed by atoms with van der Waals surface area (Å²) < 4.78 is 1.69. The number of pyridine rings is 1. The predicted molar refractivity (Wildman–Crippen MR) is 64.9 cm³/mol. The van der Waals surface area contributed by atoms with Crippen LogP contribution in [0.3, 0.4) is 0 Å². The van der Waals surface area contributed by atoms with E-state index in [1.807, 2.05) is 33.2 Å². The summed E-state index contributed by atoms with van der Waals surface area (Å²) in [5.74, 6) is 0.581. The summed E-state index contributed by atoms with van der Waals surface area (Å²) in [6.07, 6.45) is 3.53. The first kappa shape index (κ1) is 11.1. The highest BCUT2D eigenvalue weighted by Gasteiger charge is 2.09. The van der Waals surface area contributed by atoms with E-state index >= 15 is 0 Å². The maximum absolute atomic E-state index is 9.12. The molecule has 0 aromatic carbocycles. The van der Waals surface area contributed by atoms with E-state index in [1.54, 1.807) is 10.9 Å². The molecule has 0 aliphatic carbocycles. The second kappa shape index (κ2) is 4.26.